The van der Waals surface area contributed by atoms with Gasteiger partial charge in [-0.3, -0.25) is 9.58 Å². The third kappa shape index (κ3) is 5.84. The third-order valence-corrected chi connectivity index (χ3v) is 6.07. The van der Waals surface area contributed by atoms with E-state index in [-0.39, 0.29) is 6.03 Å². The molecule has 3 rings (SSSR count). The predicted octanol–water partition coefficient (Wildman–Crippen LogP) is 7.51. The number of amides is 2. The molecule has 0 saturated heterocycles. The van der Waals surface area contributed by atoms with Gasteiger partial charge in [0.15, 0.2) is 0 Å². The Hall–Kier alpha value is -3.08. The van der Waals surface area contributed by atoms with E-state index in [1.165, 1.54) is 5.56 Å². The molecule has 0 spiro atoms. The van der Waals surface area contributed by atoms with E-state index in [0.717, 1.165) is 34.6 Å². The van der Waals surface area contributed by atoms with Crippen molar-refractivity contribution in [1.82, 2.24) is 9.78 Å². The molecule has 2 amide bonds. The summed E-state index contributed by atoms with van der Waals surface area (Å²) in [7, 11) is 0. The molecule has 0 atom stereocenters. The first kappa shape index (κ1) is 24.6. The van der Waals surface area contributed by atoms with Gasteiger partial charge in [0, 0.05) is 29.7 Å². The molecule has 0 bridgehead atoms. The number of carbonyl (C=O) groups is 1. The molecule has 1 aromatic heterocycles. The van der Waals surface area contributed by atoms with Crippen LogP contribution in [0.25, 0.3) is 0 Å². The summed E-state index contributed by atoms with van der Waals surface area (Å²) in [6.07, 6.45) is 3.85. The first-order valence-corrected chi connectivity index (χ1v) is 12.0. The fraction of sp³-hybridized carbons (Fsp3) is 0.429. The van der Waals surface area contributed by atoms with Crippen LogP contribution in [-0.4, -0.2) is 15.8 Å². The van der Waals surface area contributed by atoms with Gasteiger partial charge in [0.2, 0.25) is 0 Å². The standard InChI is InChI=1S/C28H38N4O/c1-8-31-17-22(16-29-31)18-32(24-14-12-23(13-15-24)19(2)3)28(33)30-27-25(20(4)5)10-9-11-26(27)21(6)7/h9-17,19-21H,8,18H2,1-7H3,(H,30,33). The number of rotatable bonds is 8. The van der Waals surface area contributed by atoms with Crippen molar-refractivity contribution in [3.05, 3.63) is 77.1 Å². The molecule has 2 aromatic carbocycles. The molecule has 0 radical (unpaired) electrons. The van der Waals surface area contributed by atoms with Crippen LogP contribution in [0.5, 0.6) is 0 Å². The lowest BCUT2D eigenvalue weighted by Gasteiger charge is -2.26. The first-order valence-electron chi connectivity index (χ1n) is 12.0. The Labute approximate surface area is 198 Å². The fourth-order valence-electron chi connectivity index (χ4n) is 4.03. The molecule has 0 aliphatic rings. The number of carbonyl (C=O) groups excluding carboxylic acids is 1. The molecule has 1 heterocycles. The highest BCUT2D eigenvalue weighted by Gasteiger charge is 2.22. The second kappa shape index (κ2) is 10.7. The highest BCUT2D eigenvalue weighted by Crippen LogP contribution is 2.33. The monoisotopic (exact) mass is 446 g/mol. The van der Waals surface area contributed by atoms with Crippen molar-refractivity contribution in [2.75, 3.05) is 10.2 Å². The normalized spacial score (nSPS) is 11.5. The van der Waals surface area contributed by atoms with Crippen LogP contribution < -0.4 is 10.2 Å². The maximum absolute atomic E-state index is 13.7. The summed E-state index contributed by atoms with van der Waals surface area (Å²) in [6.45, 7) is 16.3. The molecular formula is C28H38N4O. The Bertz CT molecular complexity index is 1040. The topological polar surface area (TPSA) is 50.2 Å². The second-order valence-electron chi connectivity index (χ2n) is 9.59. The summed E-state index contributed by atoms with van der Waals surface area (Å²) in [6, 6.07) is 14.5. The summed E-state index contributed by atoms with van der Waals surface area (Å²) in [5, 5.41) is 7.67. The number of nitrogens with one attached hydrogen (secondary N) is 1. The van der Waals surface area contributed by atoms with E-state index < -0.39 is 0 Å². The van der Waals surface area contributed by atoms with Crippen molar-refractivity contribution >= 4 is 17.4 Å². The van der Waals surface area contributed by atoms with Crippen LogP contribution in [-0.2, 0) is 13.1 Å². The molecule has 5 nitrogen and oxygen atoms in total. The summed E-state index contributed by atoms with van der Waals surface area (Å²) < 4.78 is 1.89. The van der Waals surface area contributed by atoms with Crippen molar-refractivity contribution in [3.8, 4) is 0 Å². The first-order chi connectivity index (χ1) is 15.7. The molecule has 0 unspecified atom stereocenters. The largest absolute Gasteiger partial charge is 0.326 e. The van der Waals surface area contributed by atoms with Gasteiger partial charge in [0.05, 0.1) is 12.7 Å². The van der Waals surface area contributed by atoms with E-state index in [1.54, 1.807) is 0 Å². The molecule has 5 heteroatoms. The fourth-order valence-corrected chi connectivity index (χ4v) is 4.03. The van der Waals surface area contributed by atoms with Crippen molar-refractivity contribution in [2.24, 2.45) is 0 Å². The van der Waals surface area contributed by atoms with Crippen LogP contribution in [0.3, 0.4) is 0 Å². The Morgan fingerprint density at radius 2 is 1.55 bits per heavy atom. The quantitative estimate of drug-likeness (QED) is 0.389. The molecule has 0 aliphatic heterocycles. The van der Waals surface area contributed by atoms with E-state index in [9.17, 15) is 4.79 Å². The van der Waals surface area contributed by atoms with Crippen LogP contribution in [0.2, 0.25) is 0 Å². The number of anilines is 2. The average molecular weight is 447 g/mol. The average Bonchev–Trinajstić information content (AvgIpc) is 3.25. The molecular weight excluding hydrogens is 408 g/mol. The number of hydrogen-bond acceptors (Lipinski definition) is 2. The smallest absolute Gasteiger partial charge is 0.307 e. The zero-order chi connectivity index (χ0) is 24.1. The second-order valence-corrected chi connectivity index (χ2v) is 9.59. The van der Waals surface area contributed by atoms with Gasteiger partial charge in [-0.15, -0.1) is 0 Å². The van der Waals surface area contributed by atoms with Gasteiger partial charge in [0.1, 0.15) is 0 Å². The van der Waals surface area contributed by atoms with Gasteiger partial charge in [-0.2, -0.15) is 5.10 Å². The van der Waals surface area contributed by atoms with Crippen molar-refractivity contribution in [1.29, 1.82) is 0 Å². The van der Waals surface area contributed by atoms with Crippen molar-refractivity contribution < 1.29 is 4.79 Å². The highest BCUT2D eigenvalue weighted by atomic mass is 16.2. The molecule has 33 heavy (non-hydrogen) atoms. The van der Waals surface area contributed by atoms with Gasteiger partial charge < -0.3 is 5.32 Å². The van der Waals surface area contributed by atoms with Crippen LogP contribution >= 0.6 is 0 Å². The highest BCUT2D eigenvalue weighted by molar-refractivity contribution is 6.02. The van der Waals surface area contributed by atoms with Crippen LogP contribution in [0.4, 0.5) is 16.2 Å². The van der Waals surface area contributed by atoms with E-state index in [0.29, 0.717) is 24.3 Å². The molecule has 1 N–H and O–H groups in total. The van der Waals surface area contributed by atoms with E-state index in [4.69, 9.17) is 0 Å². The Kier molecular flexibility index (Phi) is 7.96. The molecule has 0 aliphatic carbocycles. The third-order valence-electron chi connectivity index (χ3n) is 6.07. The number of hydrogen-bond donors (Lipinski definition) is 1. The molecule has 3 aromatic rings. The summed E-state index contributed by atoms with van der Waals surface area (Å²) >= 11 is 0. The molecule has 176 valence electrons. The summed E-state index contributed by atoms with van der Waals surface area (Å²) in [5.41, 5.74) is 6.37. The number of benzene rings is 2. The van der Waals surface area contributed by atoms with Crippen molar-refractivity contribution in [2.45, 2.75) is 79.3 Å². The van der Waals surface area contributed by atoms with E-state index >= 15 is 0 Å². The predicted molar refractivity (Wildman–Crippen MR) is 138 cm³/mol. The van der Waals surface area contributed by atoms with Crippen LogP contribution in [0.1, 0.15) is 88.5 Å². The summed E-state index contributed by atoms with van der Waals surface area (Å²) in [5.74, 6) is 1.05. The molecule has 0 saturated carbocycles. The lowest BCUT2D eigenvalue weighted by Crippen LogP contribution is -2.35. The number of para-hydroxylation sites is 1. The maximum Gasteiger partial charge on any atom is 0.326 e. The minimum Gasteiger partial charge on any atom is -0.307 e. The van der Waals surface area contributed by atoms with E-state index in [1.807, 2.05) is 34.1 Å². The summed E-state index contributed by atoms with van der Waals surface area (Å²) in [4.78, 5) is 15.6. The van der Waals surface area contributed by atoms with Gasteiger partial charge in [-0.25, -0.2) is 4.79 Å². The van der Waals surface area contributed by atoms with Crippen LogP contribution in [0, 0.1) is 0 Å². The molecule has 0 fully saturated rings. The minimum absolute atomic E-state index is 0.133. The zero-order valence-corrected chi connectivity index (χ0v) is 21.1. The Morgan fingerprint density at radius 3 is 2.03 bits per heavy atom. The van der Waals surface area contributed by atoms with Crippen molar-refractivity contribution in [3.63, 3.8) is 0 Å². The van der Waals surface area contributed by atoms with E-state index in [2.05, 4.69) is 89.2 Å². The Balaban J connectivity index is 1.99. The number of aromatic nitrogens is 2. The SMILES string of the molecule is CCn1cc(CN(C(=O)Nc2c(C(C)C)cccc2C(C)C)c2ccc(C(C)C)cc2)cn1. The van der Waals surface area contributed by atoms with Gasteiger partial charge in [-0.05, 0) is 53.5 Å². The lowest BCUT2D eigenvalue weighted by atomic mass is 9.93. The van der Waals surface area contributed by atoms with Gasteiger partial charge >= 0.3 is 6.03 Å². The number of aryl methyl sites for hydroxylation is 1. The number of urea groups is 1. The van der Waals surface area contributed by atoms with Gasteiger partial charge in [0.25, 0.3) is 0 Å². The number of nitrogens with zero attached hydrogens (tertiary/aromatic N) is 3. The Morgan fingerprint density at radius 1 is 0.939 bits per heavy atom. The van der Waals surface area contributed by atoms with Crippen LogP contribution in [0.15, 0.2) is 54.9 Å². The maximum atomic E-state index is 13.7. The lowest BCUT2D eigenvalue weighted by molar-refractivity contribution is 0.256. The zero-order valence-electron chi connectivity index (χ0n) is 21.1. The minimum atomic E-state index is -0.133. The van der Waals surface area contributed by atoms with Gasteiger partial charge in [-0.1, -0.05) is 71.9 Å².